The van der Waals surface area contributed by atoms with Gasteiger partial charge in [0.2, 0.25) is 5.75 Å². The molecule has 6 aromatic carbocycles. The topological polar surface area (TPSA) is 135 Å². The lowest BCUT2D eigenvalue weighted by molar-refractivity contribution is -0.0228. The molecule has 0 saturated carbocycles. The van der Waals surface area contributed by atoms with E-state index in [1.807, 2.05) is 6.92 Å². The maximum absolute atomic E-state index is 13.7. The van der Waals surface area contributed by atoms with Crippen LogP contribution in [0.1, 0.15) is 69.6 Å². The predicted octanol–water partition coefficient (Wildman–Crippen LogP) is 8.10. The van der Waals surface area contributed by atoms with E-state index >= 15 is 0 Å². The molecule has 2 atom stereocenters. The summed E-state index contributed by atoms with van der Waals surface area (Å²) in [4.78, 5) is 53.3. The summed E-state index contributed by atoms with van der Waals surface area (Å²) in [7, 11) is 0. The van der Waals surface area contributed by atoms with Crippen LogP contribution in [-0.4, -0.2) is 41.2 Å². The molecule has 13 heteroatoms. The van der Waals surface area contributed by atoms with Crippen LogP contribution in [0.5, 0.6) is 28.7 Å². The lowest BCUT2D eigenvalue weighted by Crippen LogP contribution is -2.44. The molecule has 1 N–H and O–H groups in total. The quantitative estimate of drug-likeness (QED) is 0.119. The van der Waals surface area contributed by atoms with Gasteiger partial charge in [0.05, 0.1) is 22.3 Å². The molecule has 0 saturated heterocycles. The summed E-state index contributed by atoms with van der Waals surface area (Å²) in [5, 5.41) is 12.2. The van der Waals surface area contributed by atoms with Gasteiger partial charge in [0.25, 0.3) is 0 Å². The molecule has 290 valence electrons. The minimum Gasteiger partial charge on any atom is -0.486 e. The Bertz CT molecular complexity index is 2610. The molecule has 6 aromatic rings. The van der Waals surface area contributed by atoms with E-state index in [1.54, 1.807) is 24.3 Å². The number of hydrogen-bond acceptors (Lipinski definition) is 10. The lowest BCUT2D eigenvalue weighted by atomic mass is 9.80. The third-order valence-corrected chi connectivity index (χ3v) is 9.76. The normalized spacial score (nSPS) is 16.2. The zero-order chi connectivity index (χ0) is 40.7. The van der Waals surface area contributed by atoms with E-state index in [0.29, 0.717) is 11.1 Å². The average Bonchev–Trinajstić information content (AvgIpc) is 3.50. The molecule has 0 bridgehead atoms. The van der Waals surface area contributed by atoms with Crippen molar-refractivity contribution in [3.05, 3.63) is 183 Å². The van der Waals surface area contributed by atoms with Crippen LogP contribution < -0.4 is 23.7 Å². The Morgan fingerprint density at radius 3 is 1.50 bits per heavy atom. The fourth-order valence-electron chi connectivity index (χ4n) is 6.90. The molecular weight excluding hydrogens is 757 g/mol. The van der Waals surface area contributed by atoms with Crippen LogP contribution in [0, 0.1) is 24.4 Å². The van der Waals surface area contributed by atoms with Crippen LogP contribution in [0.3, 0.4) is 0 Å². The Morgan fingerprint density at radius 2 is 1.00 bits per heavy atom. The first-order chi connectivity index (χ1) is 27.8. The molecule has 0 fully saturated rings. The van der Waals surface area contributed by atoms with Gasteiger partial charge < -0.3 is 28.8 Å². The van der Waals surface area contributed by atoms with Crippen molar-refractivity contribution in [1.82, 2.24) is 0 Å². The van der Waals surface area contributed by atoms with Crippen molar-refractivity contribution < 1.29 is 61.1 Å². The summed E-state index contributed by atoms with van der Waals surface area (Å²) in [5.74, 6) is -7.24. The van der Waals surface area contributed by atoms with Crippen LogP contribution >= 0.6 is 0 Å². The second kappa shape index (κ2) is 15.0. The van der Waals surface area contributed by atoms with E-state index in [0.717, 1.165) is 42.0 Å². The number of hydrogen-bond donors (Lipinski definition) is 1. The van der Waals surface area contributed by atoms with Gasteiger partial charge in [-0.25, -0.2) is 32.3 Å². The van der Waals surface area contributed by atoms with Gasteiger partial charge in [-0.3, -0.25) is 0 Å². The number of aryl methyl sites for hydroxylation is 1. The smallest absolute Gasteiger partial charge is 0.343 e. The first kappa shape index (κ1) is 37.7. The molecule has 0 aromatic heterocycles. The highest BCUT2D eigenvalue weighted by Gasteiger charge is 2.52. The van der Waals surface area contributed by atoms with Gasteiger partial charge >= 0.3 is 23.9 Å². The third-order valence-electron chi connectivity index (χ3n) is 9.76. The summed E-state index contributed by atoms with van der Waals surface area (Å²) in [6, 6.07) is 26.0. The fraction of sp³-hybridized carbons (Fsp3) is 0.111. The minimum absolute atomic E-state index is 0.000882. The van der Waals surface area contributed by atoms with Crippen LogP contribution in [0.15, 0.2) is 121 Å². The second-order valence-corrected chi connectivity index (χ2v) is 13.8. The van der Waals surface area contributed by atoms with Gasteiger partial charge in [-0.15, -0.1) is 0 Å². The molecule has 1 aliphatic heterocycles. The number of esters is 4. The van der Waals surface area contributed by atoms with Crippen molar-refractivity contribution >= 4 is 23.9 Å². The number of benzene rings is 6. The van der Waals surface area contributed by atoms with Gasteiger partial charge in [-0.05, 0) is 121 Å². The van der Waals surface area contributed by atoms with E-state index in [9.17, 15) is 37.5 Å². The highest BCUT2D eigenvalue weighted by molar-refractivity contribution is 5.95. The standard InChI is InChI=1S/C45H29F3O10/c1-24-2-4-25(5-3-24)42(50)56-36-20-29-22-45(53)23-54-39-33(38(45)34(29)21-37(36)57-43(51)27-8-14-31(47)15-9-27)18-19-35(55-41(49)26-6-12-30(46)13-7-26)40(39)58-44(52)28-10-16-32(48)17-11-28/h2-21,38,53H,22-23H2,1H3/t38-,45+/m0/s1. The highest BCUT2D eigenvalue weighted by atomic mass is 19.1. The Kier molecular flexibility index (Phi) is 9.75. The van der Waals surface area contributed by atoms with Gasteiger partial charge in [-0.2, -0.15) is 0 Å². The van der Waals surface area contributed by atoms with Crippen molar-refractivity contribution in [2.45, 2.75) is 24.9 Å². The van der Waals surface area contributed by atoms with Gasteiger partial charge in [0.1, 0.15) is 29.7 Å². The maximum Gasteiger partial charge on any atom is 0.343 e. The van der Waals surface area contributed by atoms with Crippen molar-refractivity contribution in [3.63, 3.8) is 0 Å². The van der Waals surface area contributed by atoms with Crippen LogP contribution in [0.25, 0.3) is 0 Å². The molecule has 8 rings (SSSR count). The molecule has 0 radical (unpaired) electrons. The fourth-order valence-corrected chi connectivity index (χ4v) is 6.90. The maximum atomic E-state index is 13.7. The van der Waals surface area contributed by atoms with E-state index in [-0.39, 0.29) is 69.6 Å². The van der Waals surface area contributed by atoms with E-state index in [2.05, 4.69) is 0 Å². The van der Waals surface area contributed by atoms with E-state index < -0.39 is 52.8 Å². The summed E-state index contributed by atoms with van der Waals surface area (Å²) in [6.07, 6.45) is -0.0281. The number of aliphatic hydroxyl groups is 1. The number of rotatable bonds is 8. The van der Waals surface area contributed by atoms with Crippen LogP contribution in [0.2, 0.25) is 0 Å². The SMILES string of the molecule is Cc1ccc(C(=O)Oc2cc3c(cc2OC(=O)c2ccc(F)cc2)[C@@H]2c4ccc(OC(=O)c5ccc(F)cc5)c(OC(=O)c5ccc(F)cc5)c4OC[C@]2(O)C3)cc1. The summed E-state index contributed by atoms with van der Waals surface area (Å²) >= 11 is 0. The third kappa shape index (κ3) is 7.38. The van der Waals surface area contributed by atoms with Crippen LogP contribution in [0.4, 0.5) is 13.2 Å². The van der Waals surface area contributed by atoms with Crippen molar-refractivity contribution in [3.8, 4) is 28.7 Å². The Hall–Kier alpha value is -7.25. The Labute approximate surface area is 327 Å². The summed E-state index contributed by atoms with van der Waals surface area (Å²) in [6.45, 7) is 1.48. The first-order valence-corrected chi connectivity index (χ1v) is 17.8. The number of halogens is 3. The molecule has 10 nitrogen and oxygen atoms in total. The second-order valence-electron chi connectivity index (χ2n) is 13.8. The molecule has 58 heavy (non-hydrogen) atoms. The van der Waals surface area contributed by atoms with Crippen molar-refractivity contribution in [1.29, 1.82) is 0 Å². The minimum atomic E-state index is -1.64. The molecule has 1 heterocycles. The van der Waals surface area contributed by atoms with Gasteiger partial charge in [0, 0.05) is 17.9 Å². The Balaban J connectivity index is 1.21. The zero-order valence-electron chi connectivity index (χ0n) is 30.3. The van der Waals surface area contributed by atoms with Gasteiger partial charge in [-0.1, -0.05) is 23.8 Å². The predicted molar refractivity (Wildman–Crippen MR) is 199 cm³/mol. The number of carbonyl (C=O) groups is 4. The van der Waals surface area contributed by atoms with E-state index in [4.69, 9.17) is 23.7 Å². The highest BCUT2D eigenvalue weighted by Crippen LogP contribution is 2.56. The summed E-state index contributed by atoms with van der Waals surface area (Å²) in [5.41, 5.74) is 0.618. The average molecular weight is 787 g/mol. The molecule has 0 amide bonds. The molecule has 0 unspecified atom stereocenters. The van der Waals surface area contributed by atoms with Crippen LogP contribution in [-0.2, 0) is 6.42 Å². The molecular formula is C45H29F3O10. The molecule has 2 aliphatic rings. The zero-order valence-corrected chi connectivity index (χ0v) is 30.3. The molecule has 1 aliphatic carbocycles. The van der Waals surface area contributed by atoms with E-state index in [1.165, 1.54) is 60.7 Å². The number of fused-ring (bicyclic) bond motifs is 5. The van der Waals surface area contributed by atoms with Crippen molar-refractivity contribution in [2.24, 2.45) is 0 Å². The van der Waals surface area contributed by atoms with Gasteiger partial charge in [0.15, 0.2) is 23.0 Å². The Morgan fingerprint density at radius 1 is 0.569 bits per heavy atom. The number of ether oxygens (including phenoxy) is 5. The largest absolute Gasteiger partial charge is 0.486 e. The number of carbonyl (C=O) groups excluding carboxylic acids is 4. The monoisotopic (exact) mass is 786 g/mol. The van der Waals surface area contributed by atoms with Crippen molar-refractivity contribution in [2.75, 3.05) is 6.61 Å². The lowest BCUT2D eigenvalue weighted by Gasteiger charge is -2.37. The first-order valence-electron chi connectivity index (χ1n) is 17.8. The molecule has 0 spiro atoms. The summed E-state index contributed by atoms with van der Waals surface area (Å²) < 4.78 is 70.1.